The number of nitrogens with one attached hydrogen (secondary N) is 1. The van der Waals surface area contributed by atoms with Crippen LogP contribution in [0.15, 0.2) is 40.2 Å². The van der Waals surface area contributed by atoms with Crippen LogP contribution in [-0.4, -0.2) is 80.5 Å². The number of guanidine groups is 1. The molecule has 0 atom stereocenters. The van der Waals surface area contributed by atoms with Gasteiger partial charge in [0.25, 0.3) is 0 Å². The van der Waals surface area contributed by atoms with Gasteiger partial charge in [0.2, 0.25) is 10.0 Å². The van der Waals surface area contributed by atoms with Crippen LogP contribution in [0.4, 0.5) is 5.82 Å². The topological polar surface area (TPSA) is 107 Å². The number of aliphatic imine (C=N–C) groups is 1. The molecule has 0 aliphatic carbocycles. The zero-order valence-electron chi connectivity index (χ0n) is 17.7. The molecule has 1 N–H and O–H groups in total. The predicted octanol–water partition coefficient (Wildman–Crippen LogP) is 0.749. The second-order valence-corrected chi connectivity index (χ2v) is 9.19. The summed E-state index contributed by atoms with van der Waals surface area (Å²) in [6.07, 6.45) is 3.16. The van der Waals surface area contributed by atoms with Gasteiger partial charge in [0.15, 0.2) is 5.96 Å². The van der Waals surface area contributed by atoms with E-state index in [2.05, 4.69) is 20.4 Å². The zero-order valence-corrected chi connectivity index (χ0v) is 18.5. The number of hydrogen-bond acceptors (Lipinski definition) is 7. The third-order valence-corrected chi connectivity index (χ3v) is 6.58. The number of sulfonamides is 1. The standard InChI is InChI=1S/C19H29N7O3S/c1-4-20-19(22-14-16-5-7-21-18(13-16)24(2)3)25-8-10-26(11-9-25)30(27,28)15-17-6-12-29-23-17/h5-7,12-13H,4,8-11,14-15H2,1-3H3,(H,20,22). The Morgan fingerprint density at radius 3 is 2.67 bits per heavy atom. The highest BCUT2D eigenvalue weighted by atomic mass is 32.2. The lowest BCUT2D eigenvalue weighted by Gasteiger charge is -2.35. The van der Waals surface area contributed by atoms with Crippen molar-refractivity contribution >= 4 is 21.8 Å². The molecule has 0 spiro atoms. The first-order valence-corrected chi connectivity index (χ1v) is 11.5. The van der Waals surface area contributed by atoms with Crippen molar-refractivity contribution in [2.24, 2.45) is 4.99 Å². The summed E-state index contributed by atoms with van der Waals surface area (Å²) >= 11 is 0. The van der Waals surface area contributed by atoms with Crippen molar-refractivity contribution in [3.05, 3.63) is 41.9 Å². The van der Waals surface area contributed by atoms with E-state index in [-0.39, 0.29) is 5.75 Å². The van der Waals surface area contributed by atoms with Crippen LogP contribution in [0.2, 0.25) is 0 Å². The fourth-order valence-electron chi connectivity index (χ4n) is 3.16. The van der Waals surface area contributed by atoms with E-state index < -0.39 is 10.0 Å². The molecule has 3 rings (SSSR count). The normalized spacial score (nSPS) is 16.0. The summed E-state index contributed by atoms with van der Waals surface area (Å²) in [5, 5.41) is 7.02. The van der Waals surface area contributed by atoms with Crippen LogP contribution in [0.3, 0.4) is 0 Å². The van der Waals surface area contributed by atoms with E-state index >= 15 is 0 Å². The molecular formula is C19H29N7O3S. The summed E-state index contributed by atoms with van der Waals surface area (Å²) in [6.45, 7) is 5.24. The fraction of sp³-hybridized carbons (Fsp3) is 0.526. The lowest BCUT2D eigenvalue weighted by molar-refractivity contribution is 0.259. The number of aromatic nitrogens is 2. The van der Waals surface area contributed by atoms with E-state index in [0.29, 0.717) is 38.4 Å². The lowest BCUT2D eigenvalue weighted by Crippen LogP contribution is -2.53. The van der Waals surface area contributed by atoms with Gasteiger partial charge in [0, 0.05) is 59.1 Å². The Labute approximate surface area is 177 Å². The summed E-state index contributed by atoms with van der Waals surface area (Å²) in [6, 6.07) is 5.54. The number of anilines is 1. The molecule has 1 saturated heterocycles. The zero-order chi connectivity index (χ0) is 21.6. The highest BCUT2D eigenvalue weighted by Crippen LogP contribution is 2.14. The number of hydrogen-bond donors (Lipinski definition) is 1. The summed E-state index contributed by atoms with van der Waals surface area (Å²) in [7, 11) is 0.484. The van der Waals surface area contributed by atoms with E-state index in [1.165, 1.54) is 10.6 Å². The van der Waals surface area contributed by atoms with Crippen molar-refractivity contribution in [3.8, 4) is 0 Å². The summed E-state index contributed by atoms with van der Waals surface area (Å²) in [4.78, 5) is 13.1. The predicted molar refractivity (Wildman–Crippen MR) is 116 cm³/mol. The van der Waals surface area contributed by atoms with Crippen molar-refractivity contribution < 1.29 is 12.9 Å². The molecule has 30 heavy (non-hydrogen) atoms. The van der Waals surface area contributed by atoms with Crippen molar-refractivity contribution in [1.29, 1.82) is 0 Å². The maximum absolute atomic E-state index is 12.6. The Bertz CT molecular complexity index is 937. The maximum Gasteiger partial charge on any atom is 0.220 e. The van der Waals surface area contributed by atoms with E-state index in [1.807, 2.05) is 38.1 Å². The first-order chi connectivity index (χ1) is 14.4. The highest BCUT2D eigenvalue weighted by molar-refractivity contribution is 7.88. The van der Waals surface area contributed by atoms with Crippen LogP contribution in [0.5, 0.6) is 0 Å². The molecule has 1 fully saturated rings. The van der Waals surface area contributed by atoms with Crippen LogP contribution in [0.1, 0.15) is 18.2 Å². The second-order valence-electron chi connectivity index (χ2n) is 7.22. The monoisotopic (exact) mass is 435 g/mol. The van der Waals surface area contributed by atoms with Crippen molar-refractivity contribution in [1.82, 2.24) is 24.7 Å². The van der Waals surface area contributed by atoms with Gasteiger partial charge < -0.3 is 19.6 Å². The lowest BCUT2D eigenvalue weighted by atomic mass is 10.2. The Kier molecular flexibility index (Phi) is 7.27. The van der Waals surface area contributed by atoms with Gasteiger partial charge in [0.1, 0.15) is 17.8 Å². The molecule has 2 aromatic rings. The van der Waals surface area contributed by atoms with Gasteiger partial charge in [-0.2, -0.15) is 4.31 Å². The Morgan fingerprint density at radius 1 is 1.27 bits per heavy atom. The number of piperazine rings is 1. The minimum absolute atomic E-state index is 0.145. The van der Waals surface area contributed by atoms with E-state index in [9.17, 15) is 8.42 Å². The number of nitrogens with zero attached hydrogens (tertiary/aromatic N) is 6. The molecule has 0 bridgehead atoms. The molecule has 2 aromatic heterocycles. The molecule has 0 radical (unpaired) electrons. The SMILES string of the molecule is CCNC(=NCc1ccnc(N(C)C)c1)N1CCN(S(=O)(=O)Cc2ccon2)CC1. The third-order valence-electron chi connectivity index (χ3n) is 4.77. The van der Waals surface area contributed by atoms with E-state index in [1.54, 1.807) is 12.3 Å². The van der Waals surface area contributed by atoms with Gasteiger partial charge in [-0.05, 0) is 24.6 Å². The number of pyridine rings is 1. The first-order valence-electron chi connectivity index (χ1n) is 9.91. The fourth-order valence-corrected chi connectivity index (χ4v) is 4.59. The van der Waals surface area contributed by atoms with Crippen molar-refractivity contribution in [2.75, 3.05) is 51.7 Å². The second kappa shape index (κ2) is 9.90. The third kappa shape index (κ3) is 5.70. The van der Waals surface area contributed by atoms with Crippen molar-refractivity contribution in [3.63, 3.8) is 0 Å². The largest absolute Gasteiger partial charge is 0.364 e. The van der Waals surface area contributed by atoms with Gasteiger partial charge in [0.05, 0.1) is 12.2 Å². The maximum atomic E-state index is 12.6. The summed E-state index contributed by atoms with van der Waals surface area (Å²) in [5.41, 5.74) is 1.49. The summed E-state index contributed by atoms with van der Waals surface area (Å²) < 4.78 is 31.5. The molecule has 0 saturated carbocycles. The molecule has 164 valence electrons. The molecule has 1 aliphatic heterocycles. The minimum atomic E-state index is -3.42. The van der Waals surface area contributed by atoms with Gasteiger partial charge in [-0.1, -0.05) is 5.16 Å². The molecule has 11 heteroatoms. The number of rotatable bonds is 7. The molecule has 0 amide bonds. The first kappa shape index (κ1) is 22.0. The van der Waals surface area contributed by atoms with Crippen LogP contribution >= 0.6 is 0 Å². The molecule has 1 aliphatic rings. The Morgan fingerprint density at radius 2 is 2.03 bits per heavy atom. The van der Waals surface area contributed by atoms with Crippen LogP contribution in [-0.2, 0) is 22.3 Å². The average Bonchev–Trinajstić information content (AvgIpc) is 3.24. The Balaban J connectivity index is 1.62. The average molecular weight is 436 g/mol. The van der Waals surface area contributed by atoms with Gasteiger partial charge in [-0.25, -0.2) is 18.4 Å². The van der Waals surface area contributed by atoms with Gasteiger partial charge in [-0.15, -0.1) is 0 Å². The van der Waals surface area contributed by atoms with Gasteiger partial charge >= 0.3 is 0 Å². The van der Waals surface area contributed by atoms with Crippen molar-refractivity contribution in [2.45, 2.75) is 19.2 Å². The molecule has 3 heterocycles. The highest BCUT2D eigenvalue weighted by Gasteiger charge is 2.29. The quantitative estimate of drug-likeness (QED) is 0.502. The Hall–Kier alpha value is -2.66. The van der Waals surface area contributed by atoms with E-state index in [0.717, 1.165) is 23.9 Å². The minimum Gasteiger partial charge on any atom is -0.364 e. The van der Waals surface area contributed by atoms with Crippen LogP contribution in [0.25, 0.3) is 0 Å². The summed E-state index contributed by atoms with van der Waals surface area (Å²) in [5.74, 6) is 1.53. The van der Waals surface area contributed by atoms with E-state index in [4.69, 9.17) is 9.52 Å². The van der Waals surface area contributed by atoms with Crippen LogP contribution < -0.4 is 10.2 Å². The molecule has 10 nitrogen and oxygen atoms in total. The van der Waals surface area contributed by atoms with Gasteiger partial charge in [-0.3, -0.25) is 0 Å². The molecule has 0 aromatic carbocycles. The molecular weight excluding hydrogens is 406 g/mol. The molecule has 0 unspecified atom stereocenters. The van der Waals surface area contributed by atoms with Crippen LogP contribution in [0, 0.1) is 0 Å². The smallest absolute Gasteiger partial charge is 0.220 e.